The molecule has 1 aliphatic rings. The average Bonchev–Trinajstić information content (AvgIpc) is 3.35. The molecule has 4 aromatic carbocycles. The van der Waals surface area contributed by atoms with Gasteiger partial charge in [-0.1, -0.05) is 41.9 Å². The monoisotopic (exact) mass is 638 g/mol. The van der Waals surface area contributed by atoms with Crippen molar-refractivity contribution in [1.82, 2.24) is 9.88 Å². The van der Waals surface area contributed by atoms with E-state index in [4.69, 9.17) is 11.6 Å². The molecule has 7 nitrogen and oxygen atoms in total. The normalized spacial score (nSPS) is 14.5. The number of halogens is 6. The molecule has 0 saturated heterocycles. The lowest BCUT2D eigenvalue weighted by molar-refractivity contribution is -0.137. The van der Waals surface area contributed by atoms with Crippen LogP contribution in [0.15, 0.2) is 84.9 Å². The van der Waals surface area contributed by atoms with Crippen LogP contribution < -0.4 is 16.0 Å². The smallest absolute Gasteiger partial charge is 0.342 e. The number of nitrogens with zero attached hydrogens (tertiary/aromatic N) is 1. The molecule has 3 N–H and O–H groups in total. The minimum absolute atomic E-state index is 0.0516. The van der Waals surface area contributed by atoms with Gasteiger partial charge in [0.25, 0.3) is 11.8 Å². The van der Waals surface area contributed by atoms with Crippen LogP contribution in [0.4, 0.5) is 33.3 Å². The fourth-order valence-corrected chi connectivity index (χ4v) is 5.48. The highest BCUT2D eigenvalue weighted by Crippen LogP contribution is 2.38. The first-order valence-electron chi connectivity index (χ1n) is 13.3. The molecule has 0 radical (unpaired) electrons. The number of carbonyl (C=O) groups is 3. The summed E-state index contributed by atoms with van der Waals surface area (Å²) in [5.74, 6) is -4.36. The number of anilines is 2. The van der Waals surface area contributed by atoms with E-state index >= 15 is 0 Å². The number of carbonyl (C=O) groups excluding carboxylic acids is 3. The fraction of sp³-hybridized carbons (Fsp3) is 0.0938. The van der Waals surface area contributed by atoms with Crippen molar-refractivity contribution in [2.24, 2.45) is 0 Å². The molecule has 1 unspecified atom stereocenters. The average molecular weight is 639 g/mol. The van der Waals surface area contributed by atoms with E-state index in [1.165, 1.54) is 16.7 Å². The summed E-state index contributed by atoms with van der Waals surface area (Å²) in [6.07, 6.45) is -4.93. The maximum Gasteiger partial charge on any atom is 0.416 e. The van der Waals surface area contributed by atoms with Crippen molar-refractivity contribution < 1.29 is 36.3 Å². The zero-order valence-corrected chi connectivity index (χ0v) is 23.6. The van der Waals surface area contributed by atoms with Gasteiger partial charge in [0.2, 0.25) is 5.91 Å². The van der Waals surface area contributed by atoms with Crippen molar-refractivity contribution in [3.63, 3.8) is 0 Å². The maximum absolute atomic E-state index is 14.3. The SMILES string of the molecule is O=C1Cn2c(C(=O)Nc3ccc4ccccc4c3)cc(NC(=O)c3cc(F)cc(C(F)(F)F)c3)c2C(c2cc(F)ccc2Cl)N1. The Balaban J connectivity index is 1.44. The number of nitrogens with one attached hydrogen (secondary N) is 3. The lowest BCUT2D eigenvalue weighted by Crippen LogP contribution is -2.40. The Morgan fingerprint density at radius 2 is 1.60 bits per heavy atom. The number of hydrogen-bond donors (Lipinski definition) is 3. The summed E-state index contributed by atoms with van der Waals surface area (Å²) < 4.78 is 69.8. The number of rotatable bonds is 5. The first-order valence-corrected chi connectivity index (χ1v) is 13.7. The third-order valence-electron chi connectivity index (χ3n) is 7.26. The van der Waals surface area contributed by atoms with E-state index in [1.54, 1.807) is 18.2 Å². The first kappa shape index (κ1) is 29.8. The highest BCUT2D eigenvalue weighted by atomic mass is 35.5. The summed E-state index contributed by atoms with van der Waals surface area (Å²) >= 11 is 6.36. The zero-order chi connectivity index (χ0) is 32.0. The Hall–Kier alpha value is -5.23. The van der Waals surface area contributed by atoms with Gasteiger partial charge in [-0.05, 0) is 65.4 Å². The van der Waals surface area contributed by atoms with E-state index in [9.17, 15) is 36.3 Å². The van der Waals surface area contributed by atoms with E-state index in [-0.39, 0.29) is 33.7 Å². The number of alkyl halides is 3. The van der Waals surface area contributed by atoms with Gasteiger partial charge >= 0.3 is 6.18 Å². The fourth-order valence-electron chi connectivity index (χ4n) is 5.25. The van der Waals surface area contributed by atoms with E-state index in [0.29, 0.717) is 17.8 Å². The van der Waals surface area contributed by atoms with Gasteiger partial charge in [0.05, 0.1) is 23.0 Å². The standard InChI is InChI=1S/C32H20ClF5N4O3/c33-24-8-6-20(34)13-23(24)28-29-25(40-30(44)18-9-19(32(36,37)38)12-21(35)10-18)14-26(42(29)15-27(43)41-28)31(45)39-22-7-5-16-3-1-2-4-17(16)11-22/h1-14,28H,15H2,(H,39,45)(H,40,44)(H,41,43). The van der Waals surface area contributed by atoms with Gasteiger partial charge in [0.15, 0.2) is 0 Å². The molecular formula is C32H20ClF5N4O3. The Bertz CT molecular complexity index is 2020. The largest absolute Gasteiger partial charge is 0.416 e. The molecule has 1 aromatic heterocycles. The molecule has 1 atom stereocenters. The van der Waals surface area contributed by atoms with Crippen LogP contribution >= 0.6 is 11.6 Å². The maximum atomic E-state index is 14.3. The van der Waals surface area contributed by atoms with Crippen LogP contribution in [0.2, 0.25) is 5.02 Å². The molecule has 0 spiro atoms. The summed E-state index contributed by atoms with van der Waals surface area (Å²) in [7, 11) is 0. The molecule has 1 aliphatic heterocycles. The minimum atomic E-state index is -4.93. The van der Waals surface area contributed by atoms with E-state index in [1.807, 2.05) is 24.3 Å². The lowest BCUT2D eigenvalue weighted by Gasteiger charge is -2.29. The van der Waals surface area contributed by atoms with Gasteiger partial charge in [-0.2, -0.15) is 13.2 Å². The molecule has 0 bridgehead atoms. The van der Waals surface area contributed by atoms with Gasteiger partial charge < -0.3 is 20.5 Å². The van der Waals surface area contributed by atoms with Crippen LogP contribution in [-0.4, -0.2) is 22.3 Å². The number of aromatic nitrogens is 1. The summed E-state index contributed by atoms with van der Waals surface area (Å²) in [5, 5.41) is 9.69. The van der Waals surface area contributed by atoms with Crippen LogP contribution in [0.3, 0.4) is 0 Å². The second-order valence-corrected chi connectivity index (χ2v) is 10.7. The molecule has 3 amide bonds. The molecular weight excluding hydrogens is 619 g/mol. The summed E-state index contributed by atoms with van der Waals surface area (Å²) in [4.78, 5) is 39.7. The third kappa shape index (κ3) is 5.96. The molecule has 45 heavy (non-hydrogen) atoms. The van der Waals surface area contributed by atoms with Crippen LogP contribution in [-0.2, 0) is 17.5 Å². The van der Waals surface area contributed by atoms with Crippen LogP contribution in [0.1, 0.15) is 43.7 Å². The van der Waals surface area contributed by atoms with Crippen molar-refractivity contribution in [1.29, 1.82) is 0 Å². The van der Waals surface area contributed by atoms with E-state index in [0.717, 1.165) is 22.9 Å². The highest BCUT2D eigenvalue weighted by Gasteiger charge is 2.36. The highest BCUT2D eigenvalue weighted by molar-refractivity contribution is 6.31. The van der Waals surface area contributed by atoms with Gasteiger partial charge in [-0.15, -0.1) is 0 Å². The van der Waals surface area contributed by atoms with Gasteiger partial charge in [0.1, 0.15) is 23.9 Å². The Labute approximate surface area is 256 Å². The third-order valence-corrected chi connectivity index (χ3v) is 7.61. The molecule has 6 rings (SSSR count). The minimum Gasteiger partial charge on any atom is -0.342 e. The van der Waals surface area contributed by atoms with E-state index in [2.05, 4.69) is 16.0 Å². The van der Waals surface area contributed by atoms with Crippen molar-refractivity contribution in [2.75, 3.05) is 10.6 Å². The van der Waals surface area contributed by atoms with Crippen molar-refractivity contribution in [3.05, 3.63) is 130 Å². The van der Waals surface area contributed by atoms with E-state index < -0.39 is 59.2 Å². The molecule has 0 fully saturated rings. The predicted octanol–water partition coefficient (Wildman–Crippen LogP) is 7.32. The van der Waals surface area contributed by atoms with Gasteiger partial charge in [-0.25, -0.2) is 8.78 Å². The summed E-state index contributed by atoms with van der Waals surface area (Å²) in [5.41, 5.74) is -1.63. The molecule has 228 valence electrons. The van der Waals surface area contributed by atoms with Gasteiger partial charge in [-0.3, -0.25) is 14.4 Å². The lowest BCUT2D eigenvalue weighted by atomic mass is 10.0. The second kappa shape index (κ2) is 11.4. The van der Waals surface area contributed by atoms with Crippen molar-refractivity contribution in [3.8, 4) is 0 Å². The number of amides is 3. The molecule has 0 aliphatic carbocycles. The Kier molecular flexibility index (Phi) is 7.53. The number of fused-ring (bicyclic) bond motifs is 2. The van der Waals surface area contributed by atoms with Crippen molar-refractivity contribution in [2.45, 2.75) is 18.8 Å². The van der Waals surface area contributed by atoms with Crippen LogP contribution in [0.5, 0.6) is 0 Å². The Morgan fingerprint density at radius 3 is 2.36 bits per heavy atom. The summed E-state index contributed by atoms with van der Waals surface area (Å²) in [6, 6.07) is 17.5. The topological polar surface area (TPSA) is 92.2 Å². The molecule has 5 aromatic rings. The van der Waals surface area contributed by atoms with Crippen LogP contribution in [0, 0.1) is 11.6 Å². The molecule has 2 heterocycles. The summed E-state index contributed by atoms with van der Waals surface area (Å²) in [6.45, 7) is -0.396. The molecule has 0 saturated carbocycles. The van der Waals surface area contributed by atoms with Crippen LogP contribution in [0.25, 0.3) is 10.8 Å². The predicted molar refractivity (Wildman–Crippen MR) is 157 cm³/mol. The van der Waals surface area contributed by atoms with Gasteiger partial charge in [0, 0.05) is 21.8 Å². The second-order valence-electron chi connectivity index (χ2n) is 10.3. The van der Waals surface area contributed by atoms with Crippen molar-refractivity contribution >= 4 is 51.5 Å². The molecule has 13 heteroatoms. The zero-order valence-electron chi connectivity index (χ0n) is 22.8. The number of benzene rings is 4. The quantitative estimate of drug-likeness (QED) is 0.176. The Morgan fingerprint density at radius 1 is 0.844 bits per heavy atom. The number of hydrogen-bond acceptors (Lipinski definition) is 3. The first-order chi connectivity index (χ1) is 21.4.